The predicted octanol–water partition coefficient (Wildman–Crippen LogP) is 2.82. The molecule has 1 aromatic carbocycles. The van der Waals surface area contributed by atoms with Gasteiger partial charge in [0.2, 0.25) is 0 Å². The standard InChI is InChI=1S/C12H18ClNO/c1-9(2)10-3-5-11(6-4-10)14-8-12(15)7-13/h3-6,9,12,14-15H,7-8H2,1-2H3. The van der Waals surface area contributed by atoms with Gasteiger partial charge in [-0.25, -0.2) is 0 Å². The summed E-state index contributed by atoms with van der Waals surface area (Å²) >= 11 is 5.50. The molecule has 0 aliphatic rings. The van der Waals surface area contributed by atoms with E-state index in [9.17, 15) is 5.11 Å². The van der Waals surface area contributed by atoms with E-state index in [1.54, 1.807) is 0 Å². The summed E-state index contributed by atoms with van der Waals surface area (Å²) in [6.07, 6.45) is -0.489. The highest BCUT2D eigenvalue weighted by atomic mass is 35.5. The van der Waals surface area contributed by atoms with Gasteiger partial charge >= 0.3 is 0 Å². The lowest BCUT2D eigenvalue weighted by atomic mass is 10.0. The molecule has 1 unspecified atom stereocenters. The van der Waals surface area contributed by atoms with Crippen LogP contribution in [0.25, 0.3) is 0 Å². The van der Waals surface area contributed by atoms with Crippen LogP contribution in [0.3, 0.4) is 0 Å². The second-order valence-corrected chi connectivity index (χ2v) is 4.27. The van der Waals surface area contributed by atoms with E-state index < -0.39 is 6.10 Å². The molecule has 0 spiro atoms. The molecule has 84 valence electrons. The first-order chi connectivity index (χ1) is 7.13. The normalized spacial score (nSPS) is 12.9. The van der Waals surface area contributed by atoms with Crippen molar-refractivity contribution in [1.82, 2.24) is 0 Å². The number of nitrogens with one attached hydrogen (secondary N) is 1. The molecule has 1 atom stereocenters. The molecule has 0 heterocycles. The van der Waals surface area contributed by atoms with E-state index in [2.05, 4.69) is 31.3 Å². The van der Waals surface area contributed by atoms with Crippen LogP contribution in [0, 0.1) is 0 Å². The number of rotatable bonds is 5. The van der Waals surface area contributed by atoms with Gasteiger partial charge in [-0.3, -0.25) is 0 Å². The third-order valence-corrected chi connectivity index (χ3v) is 2.65. The Bertz CT molecular complexity index is 284. The van der Waals surface area contributed by atoms with Gasteiger partial charge in [-0.1, -0.05) is 26.0 Å². The van der Waals surface area contributed by atoms with Gasteiger partial charge in [-0.05, 0) is 23.6 Å². The lowest BCUT2D eigenvalue weighted by Crippen LogP contribution is -2.20. The van der Waals surface area contributed by atoms with Crippen molar-refractivity contribution < 1.29 is 5.11 Å². The van der Waals surface area contributed by atoms with Crippen LogP contribution < -0.4 is 5.32 Å². The molecule has 0 bridgehead atoms. The summed E-state index contributed by atoms with van der Waals surface area (Å²) in [6.45, 7) is 4.82. The van der Waals surface area contributed by atoms with Crippen LogP contribution in [-0.4, -0.2) is 23.6 Å². The van der Waals surface area contributed by atoms with E-state index in [4.69, 9.17) is 11.6 Å². The summed E-state index contributed by atoms with van der Waals surface area (Å²) in [6, 6.07) is 8.24. The summed E-state index contributed by atoms with van der Waals surface area (Å²) < 4.78 is 0. The molecule has 0 saturated carbocycles. The van der Waals surface area contributed by atoms with Gasteiger partial charge in [0, 0.05) is 12.2 Å². The van der Waals surface area contributed by atoms with E-state index in [1.165, 1.54) is 5.56 Å². The van der Waals surface area contributed by atoms with Gasteiger partial charge in [0.1, 0.15) is 0 Å². The molecule has 15 heavy (non-hydrogen) atoms. The molecule has 2 N–H and O–H groups in total. The van der Waals surface area contributed by atoms with Crippen molar-refractivity contribution in [2.45, 2.75) is 25.9 Å². The van der Waals surface area contributed by atoms with Crippen LogP contribution in [0.15, 0.2) is 24.3 Å². The molecule has 1 aromatic rings. The van der Waals surface area contributed by atoms with E-state index in [-0.39, 0.29) is 5.88 Å². The SMILES string of the molecule is CC(C)c1ccc(NCC(O)CCl)cc1. The van der Waals surface area contributed by atoms with Crippen molar-refractivity contribution in [3.63, 3.8) is 0 Å². The highest BCUT2D eigenvalue weighted by molar-refractivity contribution is 6.18. The lowest BCUT2D eigenvalue weighted by molar-refractivity contribution is 0.211. The number of hydrogen-bond acceptors (Lipinski definition) is 2. The number of halogens is 1. The van der Waals surface area contributed by atoms with Crippen molar-refractivity contribution in [2.24, 2.45) is 0 Å². The zero-order valence-corrected chi connectivity index (χ0v) is 9.96. The van der Waals surface area contributed by atoms with Gasteiger partial charge in [0.25, 0.3) is 0 Å². The molecular weight excluding hydrogens is 210 g/mol. The number of alkyl halides is 1. The zero-order valence-electron chi connectivity index (χ0n) is 9.20. The van der Waals surface area contributed by atoms with Gasteiger partial charge in [-0.15, -0.1) is 11.6 Å². The minimum atomic E-state index is -0.489. The Labute approximate surface area is 96.3 Å². The average Bonchev–Trinajstić information content (AvgIpc) is 2.26. The van der Waals surface area contributed by atoms with Gasteiger partial charge in [-0.2, -0.15) is 0 Å². The maximum Gasteiger partial charge on any atom is 0.0847 e. The first kappa shape index (κ1) is 12.3. The molecule has 0 saturated heterocycles. The van der Waals surface area contributed by atoms with E-state index in [0.717, 1.165) is 5.69 Å². The summed E-state index contributed by atoms with van der Waals surface area (Å²) in [7, 11) is 0. The van der Waals surface area contributed by atoms with Crippen molar-refractivity contribution in [3.8, 4) is 0 Å². The van der Waals surface area contributed by atoms with E-state index in [1.807, 2.05) is 12.1 Å². The summed E-state index contributed by atoms with van der Waals surface area (Å²) in [5.41, 5.74) is 2.34. The van der Waals surface area contributed by atoms with Crippen LogP contribution >= 0.6 is 11.6 Å². The molecule has 0 aliphatic heterocycles. The van der Waals surface area contributed by atoms with E-state index in [0.29, 0.717) is 12.5 Å². The smallest absolute Gasteiger partial charge is 0.0847 e. The number of benzene rings is 1. The van der Waals surface area contributed by atoms with Gasteiger partial charge in [0.05, 0.1) is 12.0 Å². The summed E-state index contributed by atoms with van der Waals surface area (Å²) in [5.74, 6) is 0.810. The fraction of sp³-hybridized carbons (Fsp3) is 0.500. The fourth-order valence-corrected chi connectivity index (χ4v) is 1.39. The minimum absolute atomic E-state index is 0.261. The van der Waals surface area contributed by atoms with Crippen molar-refractivity contribution >= 4 is 17.3 Å². The molecule has 1 rings (SSSR count). The minimum Gasteiger partial charge on any atom is -0.390 e. The molecule has 0 amide bonds. The van der Waals surface area contributed by atoms with Crippen LogP contribution in [-0.2, 0) is 0 Å². The first-order valence-corrected chi connectivity index (χ1v) is 5.74. The Balaban J connectivity index is 2.50. The highest BCUT2D eigenvalue weighted by Crippen LogP contribution is 2.16. The number of aliphatic hydroxyl groups excluding tert-OH is 1. The number of aliphatic hydroxyl groups is 1. The van der Waals surface area contributed by atoms with Crippen LogP contribution in [0.4, 0.5) is 5.69 Å². The van der Waals surface area contributed by atoms with E-state index >= 15 is 0 Å². The Morgan fingerprint density at radius 3 is 2.33 bits per heavy atom. The van der Waals surface area contributed by atoms with Gasteiger partial charge < -0.3 is 10.4 Å². The monoisotopic (exact) mass is 227 g/mol. The third-order valence-electron chi connectivity index (χ3n) is 2.30. The van der Waals surface area contributed by atoms with Crippen LogP contribution in [0.1, 0.15) is 25.3 Å². The molecular formula is C12H18ClNO. The number of anilines is 1. The maximum absolute atomic E-state index is 9.27. The number of hydrogen-bond donors (Lipinski definition) is 2. The molecule has 2 nitrogen and oxygen atoms in total. The fourth-order valence-electron chi connectivity index (χ4n) is 1.28. The summed E-state index contributed by atoms with van der Waals surface area (Å²) in [5, 5.41) is 12.4. The molecule has 3 heteroatoms. The zero-order chi connectivity index (χ0) is 11.3. The Kier molecular flexibility index (Phi) is 4.92. The Hall–Kier alpha value is -0.730. The quantitative estimate of drug-likeness (QED) is 0.759. The van der Waals surface area contributed by atoms with Crippen molar-refractivity contribution in [2.75, 3.05) is 17.7 Å². The Morgan fingerprint density at radius 1 is 1.27 bits per heavy atom. The highest BCUT2D eigenvalue weighted by Gasteiger charge is 2.02. The van der Waals surface area contributed by atoms with Gasteiger partial charge in [0.15, 0.2) is 0 Å². The van der Waals surface area contributed by atoms with Crippen molar-refractivity contribution in [1.29, 1.82) is 0 Å². The molecule has 0 fully saturated rings. The second kappa shape index (κ2) is 5.99. The Morgan fingerprint density at radius 2 is 1.87 bits per heavy atom. The molecule has 0 aliphatic carbocycles. The van der Waals surface area contributed by atoms with Crippen molar-refractivity contribution in [3.05, 3.63) is 29.8 Å². The molecule has 0 radical (unpaired) electrons. The topological polar surface area (TPSA) is 32.3 Å². The van der Waals surface area contributed by atoms with Crippen LogP contribution in [0.2, 0.25) is 0 Å². The predicted molar refractivity (Wildman–Crippen MR) is 65.7 cm³/mol. The second-order valence-electron chi connectivity index (χ2n) is 3.97. The largest absolute Gasteiger partial charge is 0.390 e. The summed E-state index contributed by atoms with van der Waals surface area (Å²) in [4.78, 5) is 0. The first-order valence-electron chi connectivity index (χ1n) is 5.21. The maximum atomic E-state index is 9.27. The molecule has 0 aromatic heterocycles. The average molecular weight is 228 g/mol. The third kappa shape index (κ3) is 4.10. The lowest BCUT2D eigenvalue weighted by Gasteiger charge is -2.11. The van der Waals surface area contributed by atoms with Crippen LogP contribution in [0.5, 0.6) is 0 Å².